The Labute approximate surface area is 123 Å². The number of benzene rings is 1. The molecule has 2 amide bonds. The number of piperidine rings is 1. The van der Waals surface area contributed by atoms with Crippen LogP contribution in [-0.2, 0) is 14.6 Å². The van der Waals surface area contributed by atoms with Gasteiger partial charge in [-0.2, -0.15) is 0 Å². The molecule has 2 N–H and O–H groups in total. The average molecular weight is 310 g/mol. The Bertz CT molecular complexity index is 661. The first-order valence-corrected chi connectivity index (χ1v) is 8.57. The molecule has 0 saturated carbocycles. The van der Waals surface area contributed by atoms with Crippen molar-refractivity contribution < 1.29 is 18.0 Å². The number of nitrogens with two attached hydrogens (primary N) is 1. The van der Waals surface area contributed by atoms with Crippen LogP contribution in [0.15, 0.2) is 29.2 Å². The predicted octanol–water partition coefficient (Wildman–Crippen LogP) is 0.428. The van der Waals surface area contributed by atoms with Gasteiger partial charge in [-0.1, -0.05) is 12.1 Å². The molecule has 0 aliphatic carbocycles. The molecule has 6 nitrogen and oxygen atoms in total. The Hall–Kier alpha value is -1.89. The lowest BCUT2D eigenvalue weighted by atomic mass is 9.96. The van der Waals surface area contributed by atoms with E-state index in [1.807, 2.05) is 0 Å². The minimum Gasteiger partial charge on any atom is -0.369 e. The zero-order valence-electron chi connectivity index (χ0n) is 11.8. The molecule has 1 heterocycles. The Balaban J connectivity index is 2.21. The van der Waals surface area contributed by atoms with Gasteiger partial charge in [0.15, 0.2) is 9.84 Å². The fraction of sp³-hybridized carbons (Fsp3) is 0.429. The van der Waals surface area contributed by atoms with Crippen molar-refractivity contribution in [1.82, 2.24) is 4.90 Å². The minimum atomic E-state index is -3.46. The van der Waals surface area contributed by atoms with Crippen LogP contribution in [0.25, 0.3) is 0 Å². The molecule has 1 saturated heterocycles. The molecule has 1 aromatic carbocycles. The summed E-state index contributed by atoms with van der Waals surface area (Å²) in [6, 6.07) is 6.17. The van der Waals surface area contributed by atoms with Gasteiger partial charge >= 0.3 is 0 Å². The summed E-state index contributed by atoms with van der Waals surface area (Å²) in [6.07, 6.45) is 2.11. The zero-order valence-corrected chi connectivity index (χ0v) is 12.6. The first-order valence-electron chi connectivity index (χ1n) is 6.68. The van der Waals surface area contributed by atoms with Crippen LogP contribution in [0.5, 0.6) is 0 Å². The quantitative estimate of drug-likeness (QED) is 0.875. The van der Waals surface area contributed by atoms with Crippen molar-refractivity contribution in [3.63, 3.8) is 0 Å². The van der Waals surface area contributed by atoms with Crippen LogP contribution in [0.3, 0.4) is 0 Å². The van der Waals surface area contributed by atoms with E-state index in [4.69, 9.17) is 5.73 Å². The number of nitrogens with zero attached hydrogens (tertiary/aromatic N) is 1. The van der Waals surface area contributed by atoms with Crippen LogP contribution in [0.1, 0.15) is 23.2 Å². The molecular formula is C14H18N2O4S. The first-order chi connectivity index (χ1) is 9.80. The van der Waals surface area contributed by atoms with E-state index in [1.165, 1.54) is 12.1 Å². The number of sulfone groups is 1. The topological polar surface area (TPSA) is 97.5 Å². The van der Waals surface area contributed by atoms with Gasteiger partial charge in [0, 0.05) is 25.3 Å². The van der Waals surface area contributed by atoms with Gasteiger partial charge in [0.25, 0.3) is 5.91 Å². The Morgan fingerprint density at radius 2 is 1.76 bits per heavy atom. The van der Waals surface area contributed by atoms with Crippen LogP contribution in [-0.4, -0.2) is 44.5 Å². The molecule has 1 aromatic rings. The van der Waals surface area contributed by atoms with Crippen molar-refractivity contribution in [2.45, 2.75) is 17.7 Å². The normalized spacial score (nSPS) is 16.7. The van der Waals surface area contributed by atoms with Gasteiger partial charge in [-0.15, -0.1) is 0 Å². The number of amides is 2. The Morgan fingerprint density at radius 3 is 2.29 bits per heavy atom. The molecule has 0 aromatic heterocycles. The molecule has 0 bridgehead atoms. The molecule has 0 atom stereocenters. The molecule has 0 unspecified atom stereocenters. The van der Waals surface area contributed by atoms with Crippen molar-refractivity contribution >= 4 is 21.7 Å². The first kappa shape index (κ1) is 15.5. The van der Waals surface area contributed by atoms with Crippen LogP contribution < -0.4 is 5.73 Å². The van der Waals surface area contributed by atoms with Gasteiger partial charge in [-0.3, -0.25) is 9.59 Å². The van der Waals surface area contributed by atoms with Gasteiger partial charge in [0.2, 0.25) is 5.91 Å². The summed E-state index contributed by atoms with van der Waals surface area (Å²) in [6.45, 7) is 0.815. The molecule has 7 heteroatoms. The van der Waals surface area contributed by atoms with Crippen LogP contribution in [0, 0.1) is 5.92 Å². The predicted molar refractivity (Wildman–Crippen MR) is 77.4 cm³/mol. The highest BCUT2D eigenvalue weighted by Gasteiger charge is 2.28. The Morgan fingerprint density at radius 1 is 1.19 bits per heavy atom. The van der Waals surface area contributed by atoms with E-state index in [0.717, 1.165) is 6.26 Å². The van der Waals surface area contributed by atoms with Gasteiger partial charge < -0.3 is 10.6 Å². The summed E-state index contributed by atoms with van der Waals surface area (Å²) in [5, 5.41) is 0. The lowest BCUT2D eigenvalue weighted by Gasteiger charge is -2.31. The lowest BCUT2D eigenvalue weighted by Crippen LogP contribution is -2.42. The van der Waals surface area contributed by atoms with Crippen molar-refractivity contribution in [3.05, 3.63) is 29.8 Å². The molecule has 1 aliphatic rings. The summed E-state index contributed by atoms with van der Waals surface area (Å²) >= 11 is 0. The molecule has 0 radical (unpaired) electrons. The summed E-state index contributed by atoms with van der Waals surface area (Å²) < 4.78 is 23.5. The maximum atomic E-state index is 12.5. The summed E-state index contributed by atoms with van der Waals surface area (Å²) in [5.41, 5.74) is 5.44. The van der Waals surface area contributed by atoms with E-state index in [2.05, 4.69) is 0 Å². The van der Waals surface area contributed by atoms with E-state index in [-0.39, 0.29) is 28.2 Å². The number of likely N-dealkylation sites (tertiary alicyclic amines) is 1. The van der Waals surface area contributed by atoms with Crippen LogP contribution in [0.2, 0.25) is 0 Å². The van der Waals surface area contributed by atoms with E-state index in [9.17, 15) is 18.0 Å². The second-order valence-electron chi connectivity index (χ2n) is 5.24. The highest BCUT2D eigenvalue weighted by atomic mass is 32.2. The summed E-state index contributed by atoms with van der Waals surface area (Å²) in [5.74, 6) is -0.878. The largest absolute Gasteiger partial charge is 0.369 e. The molecule has 114 valence electrons. The minimum absolute atomic E-state index is 0.0343. The van der Waals surface area contributed by atoms with Gasteiger partial charge in [0.1, 0.15) is 0 Å². The standard InChI is InChI=1S/C14H18N2O4S/c1-21(19,20)12-5-3-2-4-11(12)14(18)16-8-6-10(7-9-16)13(15)17/h2-5,10H,6-9H2,1H3,(H2,15,17). The molecule has 2 rings (SSSR count). The number of carbonyl (C=O) groups excluding carboxylic acids is 2. The summed E-state index contributed by atoms with van der Waals surface area (Å²) in [4.78, 5) is 25.2. The highest BCUT2D eigenvalue weighted by Crippen LogP contribution is 2.22. The molecule has 21 heavy (non-hydrogen) atoms. The van der Waals surface area contributed by atoms with Gasteiger partial charge in [-0.05, 0) is 25.0 Å². The SMILES string of the molecule is CS(=O)(=O)c1ccccc1C(=O)N1CCC(C(N)=O)CC1. The highest BCUT2D eigenvalue weighted by molar-refractivity contribution is 7.90. The number of hydrogen-bond donors (Lipinski definition) is 1. The third kappa shape index (κ3) is 3.41. The number of primary amides is 1. The monoisotopic (exact) mass is 310 g/mol. The van der Waals surface area contributed by atoms with Gasteiger partial charge in [-0.25, -0.2) is 8.42 Å². The fourth-order valence-electron chi connectivity index (χ4n) is 2.50. The van der Waals surface area contributed by atoms with Crippen LogP contribution >= 0.6 is 0 Å². The average Bonchev–Trinajstić information content (AvgIpc) is 2.45. The number of hydrogen-bond acceptors (Lipinski definition) is 4. The lowest BCUT2D eigenvalue weighted by molar-refractivity contribution is -0.123. The third-order valence-electron chi connectivity index (χ3n) is 3.70. The zero-order chi connectivity index (χ0) is 15.6. The van der Waals surface area contributed by atoms with E-state index < -0.39 is 9.84 Å². The van der Waals surface area contributed by atoms with Crippen molar-refractivity contribution in [2.24, 2.45) is 11.7 Å². The van der Waals surface area contributed by atoms with Crippen molar-refractivity contribution in [1.29, 1.82) is 0 Å². The van der Waals surface area contributed by atoms with E-state index >= 15 is 0 Å². The van der Waals surface area contributed by atoms with E-state index in [0.29, 0.717) is 25.9 Å². The second-order valence-corrected chi connectivity index (χ2v) is 7.22. The number of rotatable bonds is 3. The third-order valence-corrected chi connectivity index (χ3v) is 4.86. The van der Waals surface area contributed by atoms with Crippen molar-refractivity contribution in [3.8, 4) is 0 Å². The van der Waals surface area contributed by atoms with Crippen LogP contribution in [0.4, 0.5) is 0 Å². The fourth-order valence-corrected chi connectivity index (χ4v) is 3.38. The molecule has 0 spiro atoms. The Kier molecular flexibility index (Phi) is 4.32. The molecule has 1 aliphatic heterocycles. The summed E-state index contributed by atoms with van der Waals surface area (Å²) in [7, 11) is -3.46. The maximum Gasteiger partial charge on any atom is 0.255 e. The maximum absolute atomic E-state index is 12.5. The van der Waals surface area contributed by atoms with Crippen molar-refractivity contribution in [2.75, 3.05) is 19.3 Å². The number of carbonyl (C=O) groups is 2. The van der Waals surface area contributed by atoms with E-state index in [1.54, 1.807) is 17.0 Å². The second kappa shape index (κ2) is 5.85. The van der Waals surface area contributed by atoms with Gasteiger partial charge in [0.05, 0.1) is 10.5 Å². The molecular weight excluding hydrogens is 292 g/mol. The molecule has 1 fully saturated rings. The smallest absolute Gasteiger partial charge is 0.255 e.